The molecule has 0 amide bonds. The number of rotatable bonds is 12. The number of hydrogen-bond donors (Lipinski definition) is 1. The van der Waals surface area contributed by atoms with Crippen molar-refractivity contribution in [3.8, 4) is 22.6 Å². The minimum absolute atomic E-state index is 0.216. The minimum atomic E-state index is -0.891. The highest BCUT2D eigenvalue weighted by molar-refractivity contribution is 5.86. The molecular weight excluding hydrogens is 552 g/mol. The highest BCUT2D eigenvalue weighted by Gasteiger charge is 2.47. The van der Waals surface area contributed by atoms with Gasteiger partial charge in [-0.05, 0) is 103 Å². The quantitative estimate of drug-likeness (QED) is 0.145. The highest BCUT2D eigenvalue weighted by Crippen LogP contribution is 2.57. The van der Waals surface area contributed by atoms with Crippen LogP contribution in [-0.2, 0) is 5.41 Å². The third-order valence-electron chi connectivity index (χ3n) is 10.2. The number of fused-ring (bicyclic) bond motifs is 3. The highest BCUT2D eigenvalue weighted by atomic mass is 16.6. The summed E-state index contributed by atoms with van der Waals surface area (Å²) in [5.41, 5.74) is 8.19. The van der Waals surface area contributed by atoms with Crippen molar-refractivity contribution in [2.24, 2.45) is 11.3 Å². The molecule has 2 aliphatic carbocycles. The average molecular weight is 601 g/mol. The van der Waals surface area contributed by atoms with Gasteiger partial charge in [-0.3, -0.25) is 0 Å². The van der Waals surface area contributed by atoms with Crippen molar-refractivity contribution in [2.75, 3.05) is 0 Å². The van der Waals surface area contributed by atoms with Gasteiger partial charge in [0.2, 0.25) is 6.29 Å². The zero-order valence-electron chi connectivity index (χ0n) is 27.8. The van der Waals surface area contributed by atoms with Gasteiger partial charge in [0.15, 0.2) is 0 Å². The number of ether oxygens (including phenoxy) is 2. The van der Waals surface area contributed by atoms with E-state index in [1.807, 2.05) is 12.1 Å². The molecule has 0 radical (unpaired) electrons. The maximum atomic E-state index is 11.1. The van der Waals surface area contributed by atoms with Gasteiger partial charge in [-0.1, -0.05) is 113 Å². The van der Waals surface area contributed by atoms with Crippen LogP contribution in [0.5, 0.6) is 11.5 Å². The number of hydrogen-bond acceptors (Lipinski definition) is 3. The summed E-state index contributed by atoms with van der Waals surface area (Å²) in [6.07, 6.45) is 6.52. The number of aliphatic hydroxyl groups is 1. The van der Waals surface area contributed by atoms with E-state index >= 15 is 0 Å². The van der Waals surface area contributed by atoms with Crippen molar-refractivity contribution in [3.63, 3.8) is 0 Å². The normalized spacial score (nSPS) is 16.1. The Balaban J connectivity index is 1.50. The van der Waals surface area contributed by atoms with E-state index in [4.69, 9.17) is 9.47 Å². The Morgan fingerprint density at radius 3 is 2.00 bits per heavy atom. The fourth-order valence-electron chi connectivity index (χ4n) is 7.25. The molecule has 1 N–H and O–H groups in total. The fraction of sp³-hybridized carbons (Fsp3) is 0.381. The molecule has 1 fully saturated rings. The first-order chi connectivity index (χ1) is 21.5. The smallest absolute Gasteiger partial charge is 0.202 e. The summed E-state index contributed by atoms with van der Waals surface area (Å²) in [6.45, 7) is 17.0. The second-order valence-corrected chi connectivity index (χ2v) is 14.3. The summed E-state index contributed by atoms with van der Waals surface area (Å²) in [5, 5.41) is 11.1. The molecule has 1 atom stereocenters. The van der Waals surface area contributed by atoms with Crippen molar-refractivity contribution in [1.29, 1.82) is 0 Å². The molecule has 1 unspecified atom stereocenters. The lowest BCUT2D eigenvalue weighted by atomic mass is 9.67. The van der Waals surface area contributed by atoms with Gasteiger partial charge in [-0.15, -0.1) is 0 Å². The van der Waals surface area contributed by atoms with E-state index in [-0.39, 0.29) is 11.0 Å². The monoisotopic (exact) mass is 600 g/mol. The summed E-state index contributed by atoms with van der Waals surface area (Å²) in [6, 6.07) is 30.7. The van der Waals surface area contributed by atoms with Crippen LogP contribution in [0.1, 0.15) is 100 Å². The van der Waals surface area contributed by atoms with E-state index in [1.165, 1.54) is 40.7 Å². The number of aliphatic hydroxyl groups excluding tert-OH is 1. The third kappa shape index (κ3) is 5.50. The summed E-state index contributed by atoms with van der Waals surface area (Å²) >= 11 is 0. The van der Waals surface area contributed by atoms with Crippen molar-refractivity contribution in [3.05, 3.63) is 125 Å². The summed E-state index contributed by atoms with van der Waals surface area (Å²) < 4.78 is 12.9. The molecule has 3 heteroatoms. The predicted octanol–water partition coefficient (Wildman–Crippen LogP) is 10.5. The van der Waals surface area contributed by atoms with Crippen molar-refractivity contribution in [1.82, 2.24) is 0 Å². The van der Waals surface area contributed by atoms with E-state index in [9.17, 15) is 5.11 Å². The zero-order valence-corrected chi connectivity index (χ0v) is 27.8. The first-order valence-corrected chi connectivity index (χ1v) is 16.6. The predicted molar refractivity (Wildman–Crippen MR) is 186 cm³/mol. The lowest BCUT2D eigenvalue weighted by molar-refractivity contribution is -0.105. The van der Waals surface area contributed by atoms with Crippen LogP contribution >= 0.6 is 0 Å². The molecule has 0 saturated heterocycles. The maximum Gasteiger partial charge on any atom is 0.202 e. The largest absolute Gasteiger partial charge is 0.487 e. The standard InChI is InChI=1S/C42H48O3/c1-8-10-25-40(4,5)39(43)44-37-23-21-31(26-28(37)3)42(35-17-13-11-15-33(35)34-16-12-14-18-36(34)42)32-22-24-38(29(9-2)27-32)45-41(6,7)30-19-20-30/h9,11-18,21-24,26-27,30,39,43H,2,8,10,19-20,25H2,1,3-7H3. The second kappa shape index (κ2) is 11.8. The molecule has 6 rings (SSSR count). The van der Waals surface area contributed by atoms with Gasteiger partial charge in [0.1, 0.15) is 17.1 Å². The zero-order chi connectivity index (χ0) is 32.0. The van der Waals surface area contributed by atoms with Gasteiger partial charge < -0.3 is 14.6 Å². The molecule has 0 spiro atoms. The van der Waals surface area contributed by atoms with Crippen LogP contribution in [0.3, 0.4) is 0 Å². The molecule has 0 bridgehead atoms. The van der Waals surface area contributed by atoms with Gasteiger partial charge in [-0.25, -0.2) is 0 Å². The fourth-order valence-corrected chi connectivity index (χ4v) is 7.25. The number of benzene rings is 4. The lowest BCUT2D eigenvalue weighted by Crippen LogP contribution is -2.34. The molecule has 0 aliphatic heterocycles. The van der Waals surface area contributed by atoms with Crippen LogP contribution in [0.25, 0.3) is 17.2 Å². The van der Waals surface area contributed by atoms with Gasteiger partial charge in [0.25, 0.3) is 0 Å². The Hall–Kier alpha value is -3.82. The Morgan fingerprint density at radius 2 is 1.44 bits per heavy atom. The number of aryl methyl sites for hydroxylation is 1. The molecule has 1 saturated carbocycles. The van der Waals surface area contributed by atoms with Crippen LogP contribution in [0.4, 0.5) is 0 Å². The molecule has 45 heavy (non-hydrogen) atoms. The summed E-state index contributed by atoms with van der Waals surface area (Å²) in [7, 11) is 0. The van der Waals surface area contributed by atoms with Gasteiger partial charge >= 0.3 is 0 Å². The Kier molecular flexibility index (Phi) is 8.20. The van der Waals surface area contributed by atoms with Crippen LogP contribution in [0.15, 0.2) is 91.5 Å². The SMILES string of the molecule is C=Cc1cc(C2(c3ccc(OC(O)C(C)(C)CCCC)c(C)c3)c3ccccc3-c3ccccc32)ccc1OC(C)(C)C1CC1. The Labute approximate surface area is 269 Å². The molecule has 234 valence electrons. The topological polar surface area (TPSA) is 38.7 Å². The first kappa shape index (κ1) is 31.2. The van der Waals surface area contributed by atoms with Crippen molar-refractivity contribution in [2.45, 2.75) is 91.0 Å². The second-order valence-electron chi connectivity index (χ2n) is 14.3. The molecule has 4 aromatic rings. The molecule has 2 aliphatic rings. The summed E-state index contributed by atoms with van der Waals surface area (Å²) in [5.74, 6) is 2.18. The van der Waals surface area contributed by atoms with Crippen LogP contribution in [-0.4, -0.2) is 17.0 Å². The minimum Gasteiger partial charge on any atom is -0.487 e. The molecule has 0 aromatic heterocycles. The van der Waals surface area contributed by atoms with E-state index in [0.717, 1.165) is 41.7 Å². The van der Waals surface area contributed by atoms with Crippen LogP contribution in [0.2, 0.25) is 0 Å². The maximum absolute atomic E-state index is 11.1. The van der Waals surface area contributed by atoms with E-state index in [1.54, 1.807) is 0 Å². The van der Waals surface area contributed by atoms with Gasteiger partial charge in [0.05, 0.1) is 5.41 Å². The van der Waals surface area contributed by atoms with Crippen LogP contribution in [0, 0.1) is 18.3 Å². The molecule has 4 aromatic carbocycles. The average Bonchev–Trinajstić information content (AvgIpc) is 3.85. The van der Waals surface area contributed by atoms with Crippen molar-refractivity contribution < 1.29 is 14.6 Å². The molecule has 3 nitrogen and oxygen atoms in total. The number of unbranched alkanes of at least 4 members (excludes halogenated alkanes) is 1. The van der Waals surface area contributed by atoms with E-state index in [2.05, 4.69) is 127 Å². The van der Waals surface area contributed by atoms with Crippen LogP contribution < -0.4 is 9.47 Å². The Morgan fingerprint density at radius 1 is 0.867 bits per heavy atom. The first-order valence-electron chi connectivity index (χ1n) is 16.6. The van der Waals surface area contributed by atoms with E-state index in [0.29, 0.717) is 11.7 Å². The summed E-state index contributed by atoms with van der Waals surface area (Å²) in [4.78, 5) is 0. The third-order valence-corrected chi connectivity index (χ3v) is 10.2. The Bertz CT molecular complexity index is 1660. The van der Waals surface area contributed by atoms with Crippen molar-refractivity contribution >= 4 is 6.08 Å². The van der Waals surface area contributed by atoms with Gasteiger partial charge in [0, 0.05) is 11.0 Å². The van der Waals surface area contributed by atoms with Gasteiger partial charge in [-0.2, -0.15) is 0 Å². The van der Waals surface area contributed by atoms with E-state index < -0.39 is 11.7 Å². The molecular formula is C42H48O3. The molecule has 0 heterocycles. The lowest BCUT2D eigenvalue weighted by Gasteiger charge is -2.35.